The molecule has 92 valence electrons. The second-order valence-electron chi connectivity index (χ2n) is 3.93. The number of ether oxygens (including phenoxy) is 1. The maximum Gasteiger partial charge on any atom is 0.0561 e. The van der Waals surface area contributed by atoms with E-state index in [4.69, 9.17) is 16.3 Å². The van der Waals surface area contributed by atoms with Gasteiger partial charge in [-0.3, -0.25) is 0 Å². The average Bonchev–Trinajstić information content (AvgIpc) is 2.69. The fourth-order valence-corrected chi connectivity index (χ4v) is 3.15. The lowest BCUT2D eigenvalue weighted by atomic mass is 9.97. The second kappa shape index (κ2) is 7.28. The third-order valence-corrected chi connectivity index (χ3v) is 4.14. The molecule has 0 aliphatic heterocycles. The zero-order valence-electron chi connectivity index (χ0n) is 10.1. The molecule has 1 heterocycles. The van der Waals surface area contributed by atoms with Crippen LogP contribution < -0.4 is 5.32 Å². The number of nitrogens with one attached hydrogen (secondary N) is 1. The van der Waals surface area contributed by atoms with Gasteiger partial charge in [0.1, 0.15) is 0 Å². The number of halogens is 1. The molecule has 0 saturated heterocycles. The topological polar surface area (TPSA) is 21.3 Å². The third kappa shape index (κ3) is 3.74. The van der Waals surface area contributed by atoms with Crippen LogP contribution in [-0.4, -0.2) is 20.3 Å². The van der Waals surface area contributed by atoms with E-state index in [1.165, 1.54) is 4.88 Å². The summed E-state index contributed by atoms with van der Waals surface area (Å²) in [5, 5.41) is 6.43. The van der Waals surface area contributed by atoms with Crippen molar-refractivity contribution in [1.82, 2.24) is 5.32 Å². The van der Waals surface area contributed by atoms with Crippen molar-refractivity contribution >= 4 is 22.9 Å². The lowest BCUT2D eigenvalue weighted by molar-refractivity contribution is 0.171. The first-order valence-electron chi connectivity index (χ1n) is 5.65. The van der Waals surface area contributed by atoms with Gasteiger partial charge in [-0.2, -0.15) is 0 Å². The molecule has 0 radical (unpaired) electrons. The van der Waals surface area contributed by atoms with Crippen LogP contribution in [0.2, 0.25) is 5.02 Å². The molecular formula is C12H20ClNOS. The van der Waals surface area contributed by atoms with Crippen molar-refractivity contribution in [2.75, 3.05) is 20.3 Å². The summed E-state index contributed by atoms with van der Waals surface area (Å²) in [6.45, 7) is 6.11. The Labute approximate surface area is 107 Å². The van der Waals surface area contributed by atoms with Gasteiger partial charge in [0.05, 0.1) is 5.02 Å². The zero-order chi connectivity index (χ0) is 12.0. The number of thiophene rings is 1. The van der Waals surface area contributed by atoms with Crippen LogP contribution in [0.25, 0.3) is 0 Å². The van der Waals surface area contributed by atoms with Crippen LogP contribution >= 0.6 is 22.9 Å². The quantitative estimate of drug-likeness (QED) is 0.808. The summed E-state index contributed by atoms with van der Waals surface area (Å²) in [6.07, 6.45) is 1.04. The third-order valence-electron chi connectivity index (χ3n) is 2.70. The molecule has 2 unspecified atom stereocenters. The maximum atomic E-state index is 6.19. The SMILES string of the molecule is CCNC(c1sccc1Cl)C(C)CCOC. The molecule has 1 N–H and O–H groups in total. The predicted molar refractivity (Wildman–Crippen MR) is 71.4 cm³/mol. The van der Waals surface area contributed by atoms with Crippen molar-refractivity contribution in [2.45, 2.75) is 26.3 Å². The van der Waals surface area contributed by atoms with E-state index < -0.39 is 0 Å². The van der Waals surface area contributed by atoms with Crippen molar-refractivity contribution in [1.29, 1.82) is 0 Å². The van der Waals surface area contributed by atoms with Crippen LogP contribution in [-0.2, 0) is 4.74 Å². The summed E-state index contributed by atoms with van der Waals surface area (Å²) < 4.78 is 5.13. The van der Waals surface area contributed by atoms with Crippen LogP contribution in [0.4, 0.5) is 0 Å². The average molecular weight is 262 g/mol. The van der Waals surface area contributed by atoms with Crippen molar-refractivity contribution in [3.8, 4) is 0 Å². The van der Waals surface area contributed by atoms with Crippen LogP contribution in [0.5, 0.6) is 0 Å². The van der Waals surface area contributed by atoms with Crippen LogP contribution in [0, 0.1) is 5.92 Å². The van der Waals surface area contributed by atoms with Gasteiger partial charge in [0.2, 0.25) is 0 Å². The van der Waals surface area contributed by atoms with Gasteiger partial charge in [0.25, 0.3) is 0 Å². The number of hydrogen-bond donors (Lipinski definition) is 1. The Balaban J connectivity index is 2.70. The Kier molecular flexibility index (Phi) is 6.36. The van der Waals surface area contributed by atoms with E-state index in [0.29, 0.717) is 12.0 Å². The Morgan fingerprint density at radius 2 is 2.31 bits per heavy atom. The van der Waals surface area contributed by atoms with E-state index in [1.54, 1.807) is 18.4 Å². The highest BCUT2D eigenvalue weighted by atomic mass is 35.5. The smallest absolute Gasteiger partial charge is 0.0561 e. The fourth-order valence-electron chi connectivity index (χ4n) is 1.77. The van der Waals surface area contributed by atoms with E-state index in [2.05, 4.69) is 19.2 Å². The molecule has 0 aliphatic rings. The standard InChI is InChI=1S/C12H20ClNOS/c1-4-14-11(9(2)5-7-15-3)12-10(13)6-8-16-12/h6,8-9,11,14H,4-5,7H2,1-3H3. The normalized spacial score (nSPS) is 15.0. The molecule has 0 saturated carbocycles. The molecule has 1 aromatic heterocycles. The number of rotatable bonds is 7. The van der Waals surface area contributed by atoms with Gasteiger partial charge in [0.15, 0.2) is 0 Å². The molecule has 1 rings (SSSR count). The summed E-state index contributed by atoms with van der Waals surface area (Å²) >= 11 is 7.91. The first kappa shape index (κ1) is 14.0. The van der Waals surface area contributed by atoms with Crippen molar-refractivity contribution in [3.63, 3.8) is 0 Å². The van der Waals surface area contributed by atoms with E-state index in [9.17, 15) is 0 Å². The highest BCUT2D eigenvalue weighted by molar-refractivity contribution is 7.10. The van der Waals surface area contributed by atoms with Crippen molar-refractivity contribution < 1.29 is 4.74 Å². The summed E-state index contributed by atoms with van der Waals surface area (Å²) in [5.74, 6) is 0.524. The monoisotopic (exact) mass is 261 g/mol. The van der Waals surface area contributed by atoms with Crippen LogP contribution in [0.15, 0.2) is 11.4 Å². The van der Waals surface area contributed by atoms with E-state index in [1.807, 2.05) is 11.4 Å². The van der Waals surface area contributed by atoms with E-state index in [-0.39, 0.29) is 0 Å². The minimum atomic E-state index is 0.340. The largest absolute Gasteiger partial charge is 0.385 e. The van der Waals surface area contributed by atoms with E-state index in [0.717, 1.165) is 24.6 Å². The molecule has 0 aromatic carbocycles. The molecule has 2 atom stereocenters. The molecule has 2 nitrogen and oxygen atoms in total. The Morgan fingerprint density at radius 1 is 1.56 bits per heavy atom. The Hall–Kier alpha value is -0.0900. The minimum Gasteiger partial charge on any atom is -0.385 e. The maximum absolute atomic E-state index is 6.19. The highest BCUT2D eigenvalue weighted by Crippen LogP contribution is 2.34. The first-order valence-corrected chi connectivity index (χ1v) is 6.91. The molecule has 0 spiro atoms. The molecule has 0 amide bonds. The highest BCUT2D eigenvalue weighted by Gasteiger charge is 2.21. The fraction of sp³-hybridized carbons (Fsp3) is 0.667. The van der Waals surface area contributed by atoms with Gasteiger partial charge in [-0.25, -0.2) is 0 Å². The van der Waals surface area contributed by atoms with Crippen LogP contribution in [0.3, 0.4) is 0 Å². The summed E-state index contributed by atoms with van der Waals surface area (Å²) in [6, 6.07) is 2.31. The van der Waals surface area contributed by atoms with Gasteiger partial charge in [-0.1, -0.05) is 25.4 Å². The molecule has 0 bridgehead atoms. The van der Waals surface area contributed by atoms with Crippen molar-refractivity contribution in [2.24, 2.45) is 5.92 Å². The minimum absolute atomic E-state index is 0.340. The van der Waals surface area contributed by atoms with Crippen molar-refractivity contribution in [3.05, 3.63) is 21.3 Å². The molecule has 16 heavy (non-hydrogen) atoms. The van der Waals surface area contributed by atoms with Gasteiger partial charge < -0.3 is 10.1 Å². The number of methoxy groups -OCH3 is 1. The molecule has 0 aliphatic carbocycles. The second-order valence-corrected chi connectivity index (χ2v) is 5.28. The summed E-state index contributed by atoms with van der Waals surface area (Å²) in [7, 11) is 1.74. The van der Waals surface area contributed by atoms with Gasteiger partial charge in [-0.05, 0) is 30.3 Å². The van der Waals surface area contributed by atoms with Crippen LogP contribution in [0.1, 0.15) is 31.2 Å². The van der Waals surface area contributed by atoms with E-state index >= 15 is 0 Å². The molecule has 4 heteroatoms. The molecule has 1 aromatic rings. The summed E-state index contributed by atoms with van der Waals surface area (Å²) in [5.41, 5.74) is 0. The lowest BCUT2D eigenvalue weighted by Gasteiger charge is -2.24. The van der Waals surface area contributed by atoms with Gasteiger partial charge in [0, 0.05) is 24.6 Å². The lowest BCUT2D eigenvalue weighted by Crippen LogP contribution is -2.27. The summed E-state index contributed by atoms with van der Waals surface area (Å²) in [4.78, 5) is 1.24. The molecular weight excluding hydrogens is 242 g/mol. The number of hydrogen-bond acceptors (Lipinski definition) is 3. The molecule has 0 fully saturated rings. The predicted octanol–water partition coefficient (Wildman–Crippen LogP) is 3.72. The first-order chi connectivity index (χ1) is 7.70. The van der Waals surface area contributed by atoms with Gasteiger partial charge >= 0.3 is 0 Å². The Morgan fingerprint density at radius 3 is 2.81 bits per heavy atom. The Bertz CT molecular complexity index is 303. The van der Waals surface area contributed by atoms with Gasteiger partial charge in [-0.15, -0.1) is 11.3 Å². The zero-order valence-corrected chi connectivity index (χ0v) is 11.7.